The van der Waals surface area contributed by atoms with Gasteiger partial charge in [0.05, 0.1) is 18.8 Å². The van der Waals surface area contributed by atoms with Gasteiger partial charge in [-0.1, -0.05) is 24.9 Å². The second kappa shape index (κ2) is 8.07. The third-order valence-electron chi connectivity index (χ3n) is 6.49. The average molecular weight is 377 g/mol. The Morgan fingerprint density at radius 2 is 1.92 bits per heavy atom. The van der Waals surface area contributed by atoms with E-state index in [-0.39, 0.29) is 11.6 Å². The molecule has 144 valence electrons. The molecule has 4 rings (SSSR count). The molecule has 26 heavy (non-hydrogen) atoms. The molecule has 2 fully saturated rings. The number of ether oxygens (including phenoxy) is 1. The minimum Gasteiger partial charge on any atom is -0.376 e. The van der Waals surface area contributed by atoms with E-state index in [1.54, 1.807) is 11.9 Å². The summed E-state index contributed by atoms with van der Waals surface area (Å²) in [5.41, 5.74) is 2.45. The molecule has 1 aromatic rings. The minimum atomic E-state index is 0.108. The van der Waals surface area contributed by atoms with Crippen LogP contribution in [0, 0.1) is 5.92 Å². The standard InChI is InChI=1S/C21H32N2O2S/c1-14-3-9-17(10-4-14)25-13-20-19(22-26-2)12-8-16-7-11-18(15-5-6-15)21(24)23(16)20/h7,11,14-15,17,19-20,22H,3-6,8-10,12-13H2,1-2H3. The summed E-state index contributed by atoms with van der Waals surface area (Å²) in [6, 6.07) is 4.69. The van der Waals surface area contributed by atoms with E-state index in [2.05, 4.69) is 34.6 Å². The summed E-state index contributed by atoms with van der Waals surface area (Å²) in [4.78, 5) is 13.2. The van der Waals surface area contributed by atoms with E-state index in [4.69, 9.17) is 4.74 Å². The lowest BCUT2D eigenvalue weighted by molar-refractivity contribution is -0.00523. The van der Waals surface area contributed by atoms with Crippen molar-refractivity contribution in [3.63, 3.8) is 0 Å². The number of pyridine rings is 1. The van der Waals surface area contributed by atoms with Gasteiger partial charge in [-0.25, -0.2) is 0 Å². The number of nitrogens with one attached hydrogen (secondary N) is 1. The molecule has 2 atom stereocenters. The molecule has 0 aromatic carbocycles. The van der Waals surface area contributed by atoms with Crippen molar-refractivity contribution in [1.29, 1.82) is 0 Å². The highest BCUT2D eigenvalue weighted by Crippen LogP contribution is 2.39. The highest BCUT2D eigenvalue weighted by Gasteiger charge is 2.34. The number of aromatic nitrogens is 1. The van der Waals surface area contributed by atoms with Gasteiger partial charge >= 0.3 is 0 Å². The largest absolute Gasteiger partial charge is 0.376 e. The van der Waals surface area contributed by atoms with Crippen molar-refractivity contribution in [1.82, 2.24) is 9.29 Å². The molecule has 0 radical (unpaired) electrons. The maximum atomic E-state index is 13.2. The summed E-state index contributed by atoms with van der Waals surface area (Å²) in [6.07, 6.45) is 11.7. The van der Waals surface area contributed by atoms with Gasteiger partial charge in [-0.05, 0) is 75.5 Å². The van der Waals surface area contributed by atoms with Gasteiger partial charge in [0, 0.05) is 17.3 Å². The van der Waals surface area contributed by atoms with Crippen molar-refractivity contribution in [2.75, 3.05) is 12.9 Å². The van der Waals surface area contributed by atoms with Crippen molar-refractivity contribution >= 4 is 11.9 Å². The van der Waals surface area contributed by atoms with Crippen molar-refractivity contribution in [2.24, 2.45) is 5.92 Å². The van der Waals surface area contributed by atoms with E-state index in [1.165, 1.54) is 44.2 Å². The van der Waals surface area contributed by atoms with Crippen molar-refractivity contribution in [3.8, 4) is 0 Å². The van der Waals surface area contributed by atoms with E-state index in [1.807, 2.05) is 0 Å². The Hall–Kier alpha value is -0.780. The van der Waals surface area contributed by atoms with E-state index < -0.39 is 0 Å². The second-order valence-electron chi connectivity index (χ2n) is 8.48. The molecular weight excluding hydrogens is 344 g/mol. The zero-order chi connectivity index (χ0) is 18.1. The molecule has 0 amide bonds. The number of nitrogens with zero attached hydrogens (tertiary/aromatic N) is 1. The van der Waals surface area contributed by atoms with Gasteiger partial charge in [-0.15, -0.1) is 0 Å². The van der Waals surface area contributed by atoms with Gasteiger partial charge in [0.15, 0.2) is 0 Å². The molecule has 2 heterocycles. The third kappa shape index (κ3) is 3.90. The normalized spacial score (nSPS) is 31.6. The van der Waals surface area contributed by atoms with Crippen LogP contribution in [0.5, 0.6) is 0 Å². The number of hydrogen-bond donors (Lipinski definition) is 1. The molecule has 0 bridgehead atoms. The molecule has 1 aliphatic heterocycles. The molecule has 1 aromatic heterocycles. The maximum absolute atomic E-state index is 13.2. The number of hydrogen-bond acceptors (Lipinski definition) is 4. The molecule has 2 unspecified atom stereocenters. The molecule has 3 aliphatic rings. The highest BCUT2D eigenvalue weighted by molar-refractivity contribution is 7.96. The first-order chi connectivity index (χ1) is 12.7. The van der Waals surface area contributed by atoms with Crippen LogP contribution < -0.4 is 10.3 Å². The number of rotatable bonds is 6. The molecule has 2 aliphatic carbocycles. The van der Waals surface area contributed by atoms with E-state index >= 15 is 0 Å². The average Bonchev–Trinajstić information content (AvgIpc) is 3.47. The fourth-order valence-corrected chi connectivity index (χ4v) is 5.24. The lowest BCUT2D eigenvalue weighted by Gasteiger charge is -2.37. The molecule has 1 N–H and O–H groups in total. The molecule has 0 saturated heterocycles. The lowest BCUT2D eigenvalue weighted by atomic mass is 9.89. The smallest absolute Gasteiger partial charge is 0.254 e. The summed E-state index contributed by atoms with van der Waals surface area (Å²) in [7, 11) is 0. The summed E-state index contributed by atoms with van der Waals surface area (Å²) in [5.74, 6) is 1.33. The van der Waals surface area contributed by atoms with Crippen LogP contribution >= 0.6 is 11.9 Å². The number of aryl methyl sites for hydroxylation is 1. The van der Waals surface area contributed by atoms with Crippen molar-refractivity contribution in [3.05, 3.63) is 33.7 Å². The van der Waals surface area contributed by atoms with Gasteiger partial charge in [-0.2, -0.15) is 0 Å². The van der Waals surface area contributed by atoms with Crippen LogP contribution in [-0.4, -0.2) is 29.6 Å². The first kappa shape index (κ1) is 18.6. The summed E-state index contributed by atoms with van der Waals surface area (Å²) < 4.78 is 12.0. The SMILES string of the molecule is CSNC1CCc2ccc(C3CC3)c(=O)n2C1COC1CCC(C)CC1. The Labute approximate surface area is 161 Å². The first-order valence-electron chi connectivity index (χ1n) is 10.3. The van der Waals surface area contributed by atoms with Gasteiger partial charge in [-0.3, -0.25) is 9.52 Å². The Bertz CT molecular complexity index is 677. The zero-order valence-corrected chi connectivity index (χ0v) is 16.9. The molecule has 4 nitrogen and oxygen atoms in total. The minimum absolute atomic E-state index is 0.108. The van der Waals surface area contributed by atoms with Crippen LogP contribution in [0.1, 0.15) is 75.1 Å². The van der Waals surface area contributed by atoms with E-state index in [0.717, 1.165) is 24.3 Å². The van der Waals surface area contributed by atoms with Gasteiger partial charge < -0.3 is 9.30 Å². The van der Waals surface area contributed by atoms with E-state index in [0.29, 0.717) is 24.7 Å². The summed E-state index contributed by atoms with van der Waals surface area (Å²) in [6.45, 7) is 2.99. The van der Waals surface area contributed by atoms with Crippen molar-refractivity contribution in [2.45, 2.75) is 82.4 Å². The predicted octanol–water partition coefficient (Wildman–Crippen LogP) is 4.04. The van der Waals surface area contributed by atoms with Crippen LogP contribution in [0.3, 0.4) is 0 Å². The monoisotopic (exact) mass is 376 g/mol. The quantitative estimate of drug-likeness (QED) is 0.761. The predicted molar refractivity (Wildman–Crippen MR) is 108 cm³/mol. The Morgan fingerprint density at radius 3 is 2.62 bits per heavy atom. The van der Waals surface area contributed by atoms with Crippen LogP contribution in [0.2, 0.25) is 0 Å². The Morgan fingerprint density at radius 1 is 1.15 bits per heavy atom. The maximum Gasteiger partial charge on any atom is 0.254 e. The number of fused-ring (bicyclic) bond motifs is 1. The van der Waals surface area contributed by atoms with Crippen LogP contribution in [-0.2, 0) is 11.2 Å². The van der Waals surface area contributed by atoms with Gasteiger partial charge in [0.1, 0.15) is 0 Å². The highest BCUT2D eigenvalue weighted by atomic mass is 32.2. The second-order valence-corrected chi connectivity index (χ2v) is 9.12. The Kier molecular flexibility index (Phi) is 5.77. The molecule has 0 spiro atoms. The molecule has 5 heteroatoms. The zero-order valence-electron chi connectivity index (χ0n) is 16.1. The first-order valence-corrected chi connectivity index (χ1v) is 11.5. The van der Waals surface area contributed by atoms with Crippen LogP contribution in [0.4, 0.5) is 0 Å². The van der Waals surface area contributed by atoms with Gasteiger partial charge in [0.25, 0.3) is 5.56 Å². The third-order valence-corrected chi connectivity index (χ3v) is 7.03. The van der Waals surface area contributed by atoms with E-state index in [9.17, 15) is 4.79 Å². The topological polar surface area (TPSA) is 43.3 Å². The summed E-state index contributed by atoms with van der Waals surface area (Å²) in [5, 5.41) is 0. The molecular formula is C21H32N2O2S. The van der Waals surface area contributed by atoms with Crippen LogP contribution in [0.25, 0.3) is 0 Å². The lowest BCUT2D eigenvalue weighted by Crippen LogP contribution is -2.46. The fourth-order valence-electron chi connectivity index (χ4n) is 4.67. The Balaban J connectivity index is 1.56. The van der Waals surface area contributed by atoms with Crippen LogP contribution in [0.15, 0.2) is 16.9 Å². The molecule has 2 saturated carbocycles. The fraction of sp³-hybridized carbons (Fsp3) is 0.762. The summed E-state index contributed by atoms with van der Waals surface area (Å²) >= 11 is 1.66. The van der Waals surface area contributed by atoms with Crippen molar-refractivity contribution < 1.29 is 4.74 Å². The van der Waals surface area contributed by atoms with Gasteiger partial charge in [0.2, 0.25) is 0 Å².